The summed E-state index contributed by atoms with van der Waals surface area (Å²) in [5, 5.41) is 11.2. The van der Waals surface area contributed by atoms with Crippen LogP contribution in [0.3, 0.4) is 0 Å². The minimum Gasteiger partial charge on any atom is -0.512 e. The number of anilines is 1. The number of hydrogen-bond acceptors (Lipinski definition) is 7. The number of carbonyl (C=O) groups is 2. The van der Waals surface area contributed by atoms with E-state index in [0.29, 0.717) is 23.1 Å². The van der Waals surface area contributed by atoms with Crippen molar-refractivity contribution in [1.29, 1.82) is 0 Å². The number of aliphatic hydroxyl groups excluding tert-OH is 1. The van der Waals surface area contributed by atoms with Crippen LogP contribution in [0.15, 0.2) is 107 Å². The monoisotopic (exact) mass is 675 g/mol. The van der Waals surface area contributed by atoms with E-state index < -0.39 is 45.1 Å². The Bertz CT molecular complexity index is 1910. The van der Waals surface area contributed by atoms with E-state index in [9.17, 15) is 31.9 Å². The smallest absolute Gasteiger partial charge is 0.338 e. The van der Waals surface area contributed by atoms with E-state index in [0.717, 1.165) is 12.3 Å². The van der Waals surface area contributed by atoms with Crippen LogP contribution in [0.25, 0.3) is 0 Å². The van der Waals surface area contributed by atoms with Crippen LogP contribution in [-0.4, -0.2) is 36.0 Å². The second kappa shape index (κ2) is 14.3. The Morgan fingerprint density at radius 2 is 1.60 bits per heavy atom. The van der Waals surface area contributed by atoms with E-state index in [1.54, 1.807) is 54.6 Å². The molecule has 1 amide bonds. The van der Waals surface area contributed by atoms with Crippen LogP contribution in [0.5, 0.6) is 0 Å². The topological polar surface area (TPSA) is 149 Å². The standard InChI is InChI=1S/C36H35F2N3O6S/c1-2-28(25-10-7-11-27(20-25)41-48(45,46)32-15-14-26(22-40-32)34(39)43)33-31(42)21-36(47-35(33)44,18-16-23-8-3-5-12-29(23)37)19-17-24-9-4-6-13-30(24)38/h3-15,20,22,28,41-42H,2,16-19,21H2,1H3,(H2,39,43). The molecule has 9 nitrogen and oxygen atoms in total. The van der Waals surface area contributed by atoms with Crippen molar-refractivity contribution in [3.63, 3.8) is 0 Å². The number of hydrogen-bond donors (Lipinski definition) is 3. The van der Waals surface area contributed by atoms with E-state index in [1.165, 1.54) is 24.3 Å². The van der Waals surface area contributed by atoms with Crippen molar-refractivity contribution in [2.45, 2.75) is 62.0 Å². The maximum atomic E-state index is 14.5. The van der Waals surface area contributed by atoms with E-state index in [1.807, 2.05) is 6.92 Å². The van der Waals surface area contributed by atoms with E-state index >= 15 is 0 Å². The molecule has 0 radical (unpaired) electrons. The zero-order valence-electron chi connectivity index (χ0n) is 26.2. The Kier molecular flexibility index (Phi) is 10.2. The van der Waals surface area contributed by atoms with Crippen LogP contribution in [0.2, 0.25) is 0 Å². The van der Waals surface area contributed by atoms with E-state index in [4.69, 9.17) is 10.5 Å². The average molecular weight is 676 g/mol. The molecule has 1 aliphatic heterocycles. The van der Waals surface area contributed by atoms with Crippen LogP contribution in [0.4, 0.5) is 14.5 Å². The average Bonchev–Trinajstić information content (AvgIpc) is 3.06. The van der Waals surface area contributed by atoms with Gasteiger partial charge in [0.25, 0.3) is 10.0 Å². The number of ether oxygens (including phenoxy) is 1. The Morgan fingerprint density at radius 1 is 0.979 bits per heavy atom. The molecule has 0 saturated heterocycles. The molecule has 5 rings (SSSR count). The van der Waals surface area contributed by atoms with Crippen LogP contribution in [-0.2, 0) is 32.4 Å². The second-order valence-electron chi connectivity index (χ2n) is 11.7. The number of aliphatic hydroxyl groups is 1. The lowest BCUT2D eigenvalue weighted by Crippen LogP contribution is -2.42. The van der Waals surface area contributed by atoms with Crippen molar-refractivity contribution >= 4 is 27.6 Å². The van der Waals surface area contributed by atoms with Gasteiger partial charge >= 0.3 is 5.97 Å². The summed E-state index contributed by atoms with van der Waals surface area (Å²) in [4.78, 5) is 29.0. The number of aromatic nitrogens is 1. The Hall–Kier alpha value is -5.10. The number of halogens is 2. The van der Waals surface area contributed by atoms with Gasteiger partial charge in [-0.15, -0.1) is 0 Å². The van der Waals surface area contributed by atoms with Crippen molar-refractivity contribution in [2.75, 3.05) is 4.72 Å². The van der Waals surface area contributed by atoms with Crippen molar-refractivity contribution in [2.24, 2.45) is 5.73 Å². The number of nitrogens with two attached hydrogens (primary N) is 1. The number of nitrogens with one attached hydrogen (secondary N) is 1. The number of cyclic esters (lactones) is 1. The van der Waals surface area contributed by atoms with Crippen molar-refractivity contribution in [1.82, 2.24) is 4.98 Å². The summed E-state index contributed by atoms with van der Waals surface area (Å²) in [6.07, 6.45) is 2.18. The number of pyridine rings is 1. The van der Waals surface area contributed by atoms with Crippen molar-refractivity contribution in [3.05, 3.63) is 136 Å². The van der Waals surface area contributed by atoms with Gasteiger partial charge in [0.15, 0.2) is 5.03 Å². The van der Waals surface area contributed by atoms with Gasteiger partial charge in [-0.1, -0.05) is 55.5 Å². The molecule has 1 aromatic heterocycles. The molecule has 0 spiro atoms. The van der Waals surface area contributed by atoms with Crippen LogP contribution in [0.1, 0.15) is 65.6 Å². The van der Waals surface area contributed by atoms with Crippen LogP contribution >= 0.6 is 0 Å². The maximum Gasteiger partial charge on any atom is 0.338 e. The number of carbonyl (C=O) groups excluding carboxylic acids is 2. The number of benzene rings is 3. The third-order valence-electron chi connectivity index (χ3n) is 8.54. The summed E-state index contributed by atoms with van der Waals surface area (Å²) in [5.41, 5.74) is 5.65. The predicted molar refractivity (Wildman–Crippen MR) is 176 cm³/mol. The molecular weight excluding hydrogens is 640 g/mol. The number of primary amides is 1. The largest absolute Gasteiger partial charge is 0.512 e. The lowest BCUT2D eigenvalue weighted by Gasteiger charge is -2.39. The van der Waals surface area contributed by atoms with Crippen LogP contribution < -0.4 is 10.5 Å². The molecule has 0 fully saturated rings. The van der Waals surface area contributed by atoms with E-state index in [-0.39, 0.29) is 59.7 Å². The molecule has 12 heteroatoms. The first kappa shape index (κ1) is 34.2. The molecule has 1 aliphatic rings. The van der Waals surface area contributed by atoms with Gasteiger partial charge in [-0.25, -0.2) is 18.6 Å². The number of aryl methyl sites for hydroxylation is 2. The van der Waals surface area contributed by atoms with Gasteiger partial charge in [0.1, 0.15) is 23.0 Å². The Labute approximate surface area is 277 Å². The highest BCUT2D eigenvalue weighted by molar-refractivity contribution is 7.92. The Morgan fingerprint density at radius 3 is 2.12 bits per heavy atom. The zero-order chi connectivity index (χ0) is 34.5. The first-order valence-corrected chi connectivity index (χ1v) is 16.9. The fraction of sp³-hybridized carbons (Fsp3) is 0.250. The zero-order valence-corrected chi connectivity index (χ0v) is 27.0. The SMILES string of the molecule is CCC(C1=C(O)CC(CCc2ccccc2F)(CCc2ccccc2F)OC1=O)c1cccc(NS(=O)(=O)c2ccc(C(N)=O)cn2)c1. The molecule has 4 aromatic rings. The first-order chi connectivity index (χ1) is 22.9. The van der Waals surface area contributed by atoms with Gasteiger partial charge in [-0.05, 0) is 85.2 Å². The Balaban J connectivity index is 1.42. The number of amides is 1. The summed E-state index contributed by atoms with van der Waals surface area (Å²) < 4.78 is 63.7. The lowest BCUT2D eigenvalue weighted by molar-refractivity contribution is -0.161. The lowest BCUT2D eigenvalue weighted by atomic mass is 9.79. The molecule has 250 valence electrons. The number of esters is 1. The molecule has 1 atom stereocenters. The van der Waals surface area contributed by atoms with Gasteiger partial charge in [0.05, 0.1) is 11.1 Å². The van der Waals surface area contributed by atoms with Gasteiger partial charge in [-0.2, -0.15) is 8.42 Å². The molecule has 0 aliphatic carbocycles. The molecule has 4 N–H and O–H groups in total. The number of nitrogens with zero attached hydrogens (tertiary/aromatic N) is 1. The predicted octanol–water partition coefficient (Wildman–Crippen LogP) is 6.52. The highest BCUT2D eigenvalue weighted by Gasteiger charge is 2.43. The molecule has 48 heavy (non-hydrogen) atoms. The molecule has 0 bridgehead atoms. The van der Waals surface area contributed by atoms with E-state index in [2.05, 4.69) is 9.71 Å². The fourth-order valence-corrected chi connectivity index (χ4v) is 6.98. The summed E-state index contributed by atoms with van der Waals surface area (Å²) >= 11 is 0. The van der Waals surface area contributed by atoms with Gasteiger partial charge in [0, 0.05) is 24.2 Å². The maximum absolute atomic E-state index is 14.5. The van der Waals surface area contributed by atoms with Gasteiger partial charge in [-0.3, -0.25) is 9.52 Å². The first-order valence-electron chi connectivity index (χ1n) is 15.4. The quantitative estimate of drug-likeness (QED) is 0.137. The van der Waals surface area contributed by atoms with Gasteiger partial charge < -0.3 is 15.6 Å². The normalized spacial score (nSPS) is 15.1. The summed E-state index contributed by atoms with van der Waals surface area (Å²) in [5.74, 6) is -3.15. The minimum atomic E-state index is -4.15. The fourth-order valence-electron chi connectivity index (χ4n) is 6.00. The third-order valence-corrected chi connectivity index (χ3v) is 9.84. The van der Waals surface area contributed by atoms with Crippen molar-refractivity contribution < 1.29 is 36.6 Å². The summed E-state index contributed by atoms with van der Waals surface area (Å²) in [6, 6.07) is 21.4. The molecule has 2 heterocycles. The highest BCUT2D eigenvalue weighted by atomic mass is 32.2. The second-order valence-corrected chi connectivity index (χ2v) is 13.4. The highest BCUT2D eigenvalue weighted by Crippen LogP contribution is 2.42. The number of sulfonamides is 1. The minimum absolute atomic E-state index is 0.0358. The summed E-state index contributed by atoms with van der Waals surface area (Å²) in [7, 11) is -4.15. The van der Waals surface area contributed by atoms with Gasteiger partial charge in [0.2, 0.25) is 5.91 Å². The van der Waals surface area contributed by atoms with Crippen LogP contribution in [0, 0.1) is 11.6 Å². The van der Waals surface area contributed by atoms with Crippen molar-refractivity contribution in [3.8, 4) is 0 Å². The summed E-state index contributed by atoms with van der Waals surface area (Å²) in [6.45, 7) is 1.82. The molecular formula is C36H35F2N3O6S. The number of rotatable bonds is 13. The molecule has 0 saturated carbocycles. The third kappa shape index (κ3) is 7.71. The molecule has 1 unspecified atom stereocenters. The molecule has 3 aromatic carbocycles.